The fourth-order valence-corrected chi connectivity index (χ4v) is 2.04. The molecule has 112 valence electrons. The molecule has 0 aliphatic heterocycles. The molecule has 1 rings (SSSR count). The van der Waals surface area contributed by atoms with Crippen LogP contribution in [0.25, 0.3) is 0 Å². The summed E-state index contributed by atoms with van der Waals surface area (Å²) in [6.45, 7) is 4.36. The van der Waals surface area contributed by atoms with Crippen molar-refractivity contribution >= 4 is 11.6 Å². The molecule has 0 aliphatic rings. The summed E-state index contributed by atoms with van der Waals surface area (Å²) in [7, 11) is 5.61. The van der Waals surface area contributed by atoms with Crippen molar-refractivity contribution in [3.63, 3.8) is 0 Å². The zero-order valence-corrected chi connectivity index (χ0v) is 12.8. The molecule has 0 fully saturated rings. The second-order valence-electron chi connectivity index (χ2n) is 5.00. The molecule has 0 atom stereocenters. The van der Waals surface area contributed by atoms with Gasteiger partial charge in [0.25, 0.3) is 5.91 Å². The first kappa shape index (κ1) is 16.3. The first-order chi connectivity index (χ1) is 9.49. The molecule has 2 N–H and O–H groups in total. The van der Waals surface area contributed by atoms with Crippen LogP contribution >= 0.6 is 0 Å². The zero-order valence-electron chi connectivity index (χ0n) is 12.8. The lowest BCUT2D eigenvalue weighted by Gasteiger charge is -2.23. The van der Waals surface area contributed by atoms with Crippen molar-refractivity contribution in [2.24, 2.45) is 0 Å². The predicted octanol–water partition coefficient (Wildman–Crippen LogP) is 1.69. The first-order valence-corrected chi connectivity index (χ1v) is 6.87. The van der Waals surface area contributed by atoms with Crippen molar-refractivity contribution in [3.8, 4) is 5.75 Å². The molecule has 5 heteroatoms. The summed E-state index contributed by atoms with van der Waals surface area (Å²) in [6.07, 6.45) is 0.948. The Morgan fingerprint density at radius 1 is 1.30 bits per heavy atom. The number of benzene rings is 1. The van der Waals surface area contributed by atoms with E-state index in [0.717, 1.165) is 19.5 Å². The highest BCUT2D eigenvalue weighted by molar-refractivity contribution is 5.97. The summed E-state index contributed by atoms with van der Waals surface area (Å²) in [5.74, 6) is 0.518. The number of hydrogen-bond donors (Lipinski definition) is 1. The summed E-state index contributed by atoms with van der Waals surface area (Å²) < 4.78 is 5.25. The van der Waals surface area contributed by atoms with Gasteiger partial charge >= 0.3 is 0 Å². The van der Waals surface area contributed by atoms with Gasteiger partial charge in [-0.15, -0.1) is 0 Å². The van der Waals surface area contributed by atoms with E-state index < -0.39 is 0 Å². The highest BCUT2D eigenvalue weighted by Crippen LogP contribution is 2.23. The van der Waals surface area contributed by atoms with Gasteiger partial charge in [0.05, 0.1) is 12.7 Å². The predicted molar refractivity (Wildman–Crippen MR) is 82.2 cm³/mol. The third-order valence-electron chi connectivity index (χ3n) is 3.16. The number of ether oxygens (including phenoxy) is 1. The zero-order chi connectivity index (χ0) is 15.1. The van der Waals surface area contributed by atoms with E-state index in [-0.39, 0.29) is 5.91 Å². The number of hydrogen-bond acceptors (Lipinski definition) is 4. The molecule has 1 aromatic rings. The third-order valence-corrected chi connectivity index (χ3v) is 3.16. The summed E-state index contributed by atoms with van der Waals surface area (Å²) in [5.41, 5.74) is 6.87. The number of anilines is 1. The maximum Gasteiger partial charge on any atom is 0.257 e. The van der Waals surface area contributed by atoms with Gasteiger partial charge in [0.2, 0.25) is 0 Å². The number of nitrogens with zero attached hydrogens (tertiary/aromatic N) is 2. The average molecular weight is 279 g/mol. The second kappa shape index (κ2) is 7.75. The summed E-state index contributed by atoms with van der Waals surface area (Å²) in [5, 5.41) is 0. The first-order valence-electron chi connectivity index (χ1n) is 6.87. The Hall–Kier alpha value is -1.75. The highest BCUT2D eigenvalue weighted by Gasteiger charge is 2.18. The van der Waals surface area contributed by atoms with Crippen LogP contribution in [0.1, 0.15) is 23.7 Å². The van der Waals surface area contributed by atoms with Gasteiger partial charge in [-0.2, -0.15) is 0 Å². The molecule has 1 amide bonds. The normalized spacial score (nSPS) is 10.7. The molecule has 20 heavy (non-hydrogen) atoms. The van der Waals surface area contributed by atoms with Gasteiger partial charge < -0.3 is 20.3 Å². The molecule has 0 saturated heterocycles. The SMILES string of the molecule is CCN(CCCN(C)C)C(=O)c1ccc(N)cc1OC. The fourth-order valence-electron chi connectivity index (χ4n) is 2.04. The highest BCUT2D eigenvalue weighted by atomic mass is 16.5. The number of nitrogens with two attached hydrogens (primary N) is 1. The Kier molecular flexibility index (Phi) is 6.31. The number of rotatable bonds is 7. The van der Waals surface area contributed by atoms with Gasteiger partial charge in [-0.3, -0.25) is 4.79 Å². The van der Waals surface area contributed by atoms with Crippen molar-refractivity contribution in [2.45, 2.75) is 13.3 Å². The Labute approximate surface area is 121 Å². The van der Waals surface area contributed by atoms with Crippen molar-refractivity contribution in [1.29, 1.82) is 0 Å². The van der Waals surface area contributed by atoms with Gasteiger partial charge in [-0.1, -0.05) is 0 Å². The van der Waals surface area contributed by atoms with E-state index in [0.29, 0.717) is 23.5 Å². The fraction of sp³-hybridized carbons (Fsp3) is 0.533. The molecule has 0 bridgehead atoms. The van der Waals surface area contributed by atoms with Crippen molar-refractivity contribution in [3.05, 3.63) is 23.8 Å². The van der Waals surface area contributed by atoms with Crippen LogP contribution in [0.15, 0.2) is 18.2 Å². The maximum atomic E-state index is 12.5. The van der Waals surface area contributed by atoms with Gasteiger partial charge in [-0.25, -0.2) is 0 Å². The van der Waals surface area contributed by atoms with Gasteiger partial charge in [0.1, 0.15) is 5.75 Å². The second-order valence-corrected chi connectivity index (χ2v) is 5.00. The van der Waals surface area contributed by atoms with Gasteiger partial charge in [-0.05, 0) is 46.1 Å². The van der Waals surface area contributed by atoms with E-state index >= 15 is 0 Å². The van der Waals surface area contributed by atoms with Crippen LogP contribution in [0.2, 0.25) is 0 Å². The molecule has 5 nitrogen and oxygen atoms in total. The topological polar surface area (TPSA) is 58.8 Å². The standard InChI is InChI=1S/C15H25N3O2/c1-5-18(10-6-9-17(2)3)15(19)13-8-7-12(16)11-14(13)20-4/h7-8,11H,5-6,9-10,16H2,1-4H3. The molecule has 0 heterocycles. The summed E-state index contributed by atoms with van der Waals surface area (Å²) >= 11 is 0. The van der Waals surface area contributed by atoms with E-state index in [1.165, 1.54) is 0 Å². The third kappa shape index (κ3) is 4.42. The van der Waals surface area contributed by atoms with Gasteiger partial charge in [0.15, 0.2) is 0 Å². The molecule has 0 aliphatic carbocycles. The number of carbonyl (C=O) groups is 1. The number of amides is 1. The van der Waals surface area contributed by atoms with Crippen LogP contribution in [0.3, 0.4) is 0 Å². The number of carbonyl (C=O) groups excluding carboxylic acids is 1. The Morgan fingerprint density at radius 2 is 2.00 bits per heavy atom. The van der Waals surface area contributed by atoms with Crippen LogP contribution in [-0.4, -0.2) is 56.5 Å². The van der Waals surface area contributed by atoms with Gasteiger partial charge in [0, 0.05) is 24.8 Å². The molecule has 0 aromatic heterocycles. The van der Waals surface area contributed by atoms with Crippen molar-refractivity contribution in [1.82, 2.24) is 9.80 Å². The lowest BCUT2D eigenvalue weighted by atomic mass is 10.1. The Morgan fingerprint density at radius 3 is 2.55 bits per heavy atom. The molecule has 0 saturated carbocycles. The van der Waals surface area contributed by atoms with Crippen LogP contribution in [0.5, 0.6) is 5.75 Å². The smallest absolute Gasteiger partial charge is 0.257 e. The molecular weight excluding hydrogens is 254 g/mol. The van der Waals surface area contributed by atoms with Crippen LogP contribution in [-0.2, 0) is 0 Å². The number of methoxy groups -OCH3 is 1. The van der Waals surface area contributed by atoms with Crippen LogP contribution in [0.4, 0.5) is 5.69 Å². The minimum atomic E-state index is -0.0110. The largest absolute Gasteiger partial charge is 0.496 e. The Bertz CT molecular complexity index is 447. The minimum Gasteiger partial charge on any atom is -0.496 e. The monoisotopic (exact) mass is 279 g/mol. The van der Waals surface area contributed by atoms with E-state index in [1.807, 2.05) is 25.9 Å². The molecule has 0 spiro atoms. The molecule has 0 unspecified atom stereocenters. The van der Waals surface area contributed by atoms with E-state index in [1.54, 1.807) is 25.3 Å². The number of nitrogen functional groups attached to an aromatic ring is 1. The summed E-state index contributed by atoms with van der Waals surface area (Å²) in [6, 6.07) is 5.13. The van der Waals surface area contributed by atoms with E-state index in [4.69, 9.17) is 10.5 Å². The maximum absolute atomic E-state index is 12.5. The molecular formula is C15H25N3O2. The lowest BCUT2D eigenvalue weighted by molar-refractivity contribution is 0.0756. The van der Waals surface area contributed by atoms with Crippen molar-refractivity contribution < 1.29 is 9.53 Å². The van der Waals surface area contributed by atoms with E-state index in [2.05, 4.69) is 4.90 Å². The lowest BCUT2D eigenvalue weighted by Crippen LogP contribution is -2.33. The summed E-state index contributed by atoms with van der Waals surface area (Å²) in [4.78, 5) is 16.5. The van der Waals surface area contributed by atoms with Crippen LogP contribution < -0.4 is 10.5 Å². The van der Waals surface area contributed by atoms with Crippen LogP contribution in [0, 0.1) is 0 Å². The molecule has 1 aromatic carbocycles. The molecule has 0 radical (unpaired) electrons. The Balaban J connectivity index is 2.80. The van der Waals surface area contributed by atoms with Crippen molar-refractivity contribution in [2.75, 3.05) is 46.6 Å². The quantitative estimate of drug-likeness (QED) is 0.772. The van der Waals surface area contributed by atoms with E-state index in [9.17, 15) is 4.79 Å². The minimum absolute atomic E-state index is 0.0110. The average Bonchev–Trinajstić information content (AvgIpc) is 2.42.